The van der Waals surface area contributed by atoms with Gasteiger partial charge in [0.15, 0.2) is 5.78 Å². The normalized spacial score (nSPS) is 16.5. The minimum Gasteiger partial charge on any atom is -0.494 e. The molecule has 0 aliphatic carbocycles. The van der Waals surface area contributed by atoms with Gasteiger partial charge in [-0.25, -0.2) is 4.79 Å². The summed E-state index contributed by atoms with van der Waals surface area (Å²) in [6, 6.07) is 14.7. The summed E-state index contributed by atoms with van der Waals surface area (Å²) in [6.07, 6.45) is 4.99. The number of aryl methyl sites for hydroxylation is 1. The number of nitrogens with zero attached hydrogens (tertiary/aromatic N) is 1. The average molecular weight is 390 g/mol. The van der Waals surface area contributed by atoms with Crippen LogP contribution in [0, 0.1) is 6.92 Å². The van der Waals surface area contributed by atoms with Crippen LogP contribution < -0.4 is 10.1 Å². The van der Waals surface area contributed by atoms with Crippen molar-refractivity contribution in [3.8, 4) is 5.75 Å². The zero-order chi connectivity index (χ0) is 20.8. The highest BCUT2D eigenvalue weighted by atomic mass is 16.5. The smallest absolute Gasteiger partial charge is 0.322 e. The molecule has 0 saturated carbocycles. The molecule has 3 rings (SSSR count). The van der Waals surface area contributed by atoms with E-state index in [-0.39, 0.29) is 11.8 Å². The van der Waals surface area contributed by atoms with Gasteiger partial charge >= 0.3 is 6.03 Å². The molecule has 0 unspecified atom stereocenters. The van der Waals surface area contributed by atoms with Crippen molar-refractivity contribution >= 4 is 17.9 Å². The number of hydrogen-bond donors (Lipinski definition) is 1. The van der Waals surface area contributed by atoms with Crippen LogP contribution in [0.4, 0.5) is 4.79 Å². The Kier molecular flexibility index (Phi) is 6.50. The molecular formula is C24H26N2O3. The summed E-state index contributed by atoms with van der Waals surface area (Å²) >= 11 is 0. The van der Waals surface area contributed by atoms with Crippen LogP contribution in [0.5, 0.6) is 5.75 Å². The van der Waals surface area contributed by atoms with Crippen molar-refractivity contribution in [3.05, 3.63) is 83.1 Å². The molecule has 0 saturated heterocycles. The first-order valence-electron chi connectivity index (χ1n) is 9.82. The van der Waals surface area contributed by atoms with Gasteiger partial charge in [-0.3, -0.25) is 4.79 Å². The Morgan fingerprint density at radius 2 is 1.79 bits per heavy atom. The third-order valence-corrected chi connectivity index (χ3v) is 4.79. The van der Waals surface area contributed by atoms with E-state index in [9.17, 15) is 9.59 Å². The number of allylic oxidation sites excluding steroid dienone is 1. The van der Waals surface area contributed by atoms with Crippen molar-refractivity contribution in [1.29, 1.82) is 0 Å². The van der Waals surface area contributed by atoms with Crippen LogP contribution in [0.25, 0.3) is 6.08 Å². The molecule has 2 aromatic rings. The van der Waals surface area contributed by atoms with Crippen LogP contribution in [0.15, 0.2) is 66.4 Å². The predicted octanol–water partition coefficient (Wildman–Crippen LogP) is 4.65. The van der Waals surface area contributed by atoms with E-state index in [0.29, 0.717) is 18.7 Å². The average Bonchev–Trinajstić information content (AvgIpc) is 2.73. The molecule has 1 aliphatic heterocycles. The van der Waals surface area contributed by atoms with Crippen molar-refractivity contribution in [1.82, 2.24) is 10.2 Å². The fraction of sp³-hybridized carbons (Fsp3) is 0.250. The summed E-state index contributed by atoms with van der Waals surface area (Å²) < 4.78 is 5.44. The maximum Gasteiger partial charge on any atom is 0.322 e. The van der Waals surface area contributed by atoms with E-state index in [2.05, 4.69) is 5.32 Å². The molecule has 1 N–H and O–H groups in total. The zero-order valence-corrected chi connectivity index (χ0v) is 17.0. The highest BCUT2D eigenvalue weighted by molar-refractivity contribution is 6.08. The first-order valence-corrected chi connectivity index (χ1v) is 9.82. The molecule has 1 aliphatic rings. The fourth-order valence-corrected chi connectivity index (χ4v) is 3.16. The van der Waals surface area contributed by atoms with Crippen molar-refractivity contribution in [3.63, 3.8) is 0 Å². The monoisotopic (exact) mass is 390 g/mol. The first kappa shape index (κ1) is 20.4. The SMILES string of the molecule is CCOc1ccc(/C=C/C(=O)C2=CN(CC)C(=O)N[C@H]2c2ccc(C)cc2)cc1. The number of ketones is 1. The highest BCUT2D eigenvalue weighted by Gasteiger charge is 2.30. The predicted molar refractivity (Wildman–Crippen MR) is 115 cm³/mol. The third-order valence-electron chi connectivity index (χ3n) is 4.79. The maximum absolute atomic E-state index is 13.0. The van der Waals surface area contributed by atoms with E-state index in [1.807, 2.05) is 69.3 Å². The van der Waals surface area contributed by atoms with Crippen molar-refractivity contribution < 1.29 is 14.3 Å². The number of ether oxygens (including phenoxy) is 1. The molecule has 5 nitrogen and oxygen atoms in total. The summed E-state index contributed by atoms with van der Waals surface area (Å²) in [5, 5.41) is 2.95. The Labute approximate surface area is 171 Å². The molecule has 0 aromatic heterocycles. The molecule has 0 radical (unpaired) electrons. The van der Waals surface area contributed by atoms with Crippen molar-refractivity contribution in [2.45, 2.75) is 26.8 Å². The van der Waals surface area contributed by atoms with Crippen LogP contribution in [-0.2, 0) is 4.79 Å². The Bertz CT molecular complexity index is 928. The zero-order valence-electron chi connectivity index (χ0n) is 17.0. The lowest BCUT2D eigenvalue weighted by atomic mass is 9.93. The quantitative estimate of drug-likeness (QED) is 0.701. The largest absolute Gasteiger partial charge is 0.494 e. The molecule has 0 bridgehead atoms. The summed E-state index contributed by atoms with van der Waals surface area (Å²) in [4.78, 5) is 26.9. The van der Waals surface area contributed by atoms with Crippen molar-refractivity contribution in [2.75, 3.05) is 13.2 Å². The Balaban J connectivity index is 1.85. The van der Waals surface area contributed by atoms with Crippen LogP contribution in [0.2, 0.25) is 0 Å². The molecule has 29 heavy (non-hydrogen) atoms. The Morgan fingerprint density at radius 3 is 2.41 bits per heavy atom. The van der Waals surface area contributed by atoms with E-state index < -0.39 is 6.04 Å². The van der Waals surface area contributed by atoms with E-state index in [0.717, 1.165) is 22.4 Å². The summed E-state index contributed by atoms with van der Waals surface area (Å²) in [5.74, 6) is 0.662. The van der Waals surface area contributed by atoms with Crippen LogP contribution in [0.3, 0.4) is 0 Å². The Hall–Kier alpha value is -3.34. The number of nitrogens with one attached hydrogen (secondary N) is 1. The van der Waals surface area contributed by atoms with Gasteiger partial charge in [0.2, 0.25) is 0 Å². The summed E-state index contributed by atoms with van der Waals surface area (Å²) in [7, 11) is 0. The number of rotatable bonds is 7. The molecule has 0 spiro atoms. The maximum atomic E-state index is 13.0. The minimum absolute atomic E-state index is 0.136. The molecule has 2 aromatic carbocycles. The lowest BCUT2D eigenvalue weighted by molar-refractivity contribution is -0.111. The number of urea groups is 1. The molecule has 2 amide bonds. The van der Waals surface area contributed by atoms with Gasteiger partial charge in [0.25, 0.3) is 0 Å². The first-order chi connectivity index (χ1) is 14.0. The van der Waals surface area contributed by atoms with Gasteiger partial charge in [-0.05, 0) is 50.1 Å². The number of benzene rings is 2. The van der Waals surface area contributed by atoms with Gasteiger partial charge < -0.3 is 15.0 Å². The second kappa shape index (κ2) is 9.24. The molecule has 0 fully saturated rings. The molecule has 5 heteroatoms. The van der Waals surface area contributed by atoms with Crippen molar-refractivity contribution in [2.24, 2.45) is 0 Å². The van der Waals surface area contributed by atoms with E-state index in [4.69, 9.17) is 4.74 Å². The third kappa shape index (κ3) is 4.93. The molecule has 1 atom stereocenters. The van der Waals surface area contributed by atoms with Gasteiger partial charge in [-0.2, -0.15) is 0 Å². The van der Waals surface area contributed by atoms with Crippen LogP contribution in [-0.4, -0.2) is 29.9 Å². The minimum atomic E-state index is -0.469. The van der Waals surface area contributed by atoms with Gasteiger partial charge in [0.1, 0.15) is 5.75 Å². The van der Waals surface area contributed by atoms with Gasteiger partial charge in [-0.1, -0.05) is 48.0 Å². The molecule has 1 heterocycles. The summed E-state index contributed by atoms with van der Waals surface area (Å²) in [6.45, 7) is 6.92. The number of hydrogen-bond acceptors (Lipinski definition) is 3. The second-order valence-corrected chi connectivity index (χ2v) is 6.86. The second-order valence-electron chi connectivity index (χ2n) is 6.86. The topological polar surface area (TPSA) is 58.6 Å². The molecular weight excluding hydrogens is 364 g/mol. The standard InChI is InChI=1S/C24H26N2O3/c1-4-26-16-21(23(25-24(26)28)19-11-6-17(3)7-12-19)22(27)15-10-18-8-13-20(14-9-18)29-5-2/h6-16,23H,4-5H2,1-3H3,(H,25,28)/b15-10+/t23-/m0/s1. The van der Waals surface area contributed by atoms with Gasteiger partial charge in [-0.15, -0.1) is 0 Å². The molecule has 150 valence electrons. The van der Waals surface area contributed by atoms with Crippen LogP contribution in [0.1, 0.15) is 36.6 Å². The highest BCUT2D eigenvalue weighted by Crippen LogP contribution is 2.27. The number of amides is 2. The van der Waals surface area contributed by atoms with E-state index in [1.54, 1.807) is 18.4 Å². The van der Waals surface area contributed by atoms with E-state index in [1.165, 1.54) is 4.90 Å². The van der Waals surface area contributed by atoms with Crippen LogP contribution >= 0.6 is 0 Å². The number of carbonyl (C=O) groups excluding carboxylic acids is 2. The van der Waals surface area contributed by atoms with Gasteiger partial charge in [0.05, 0.1) is 12.6 Å². The number of carbonyl (C=O) groups is 2. The lowest BCUT2D eigenvalue weighted by Gasteiger charge is -2.31. The Morgan fingerprint density at radius 1 is 1.10 bits per heavy atom. The lowest BCUT2D eigenvalue weighted by Crippen LogP contribution is -2.44. The summed E-state index contributed by atoms with van der Waals surface area (Å²) in [5.41, 5.74) is 3.45. The fourth-order valence-electron chi connectivity index (χ4n) is 3.16. The van der Waals surface area contributed by atoms with E-state index >= 15 is 0 Å². The van der Waals surface area contributed by atoms with Gasteiger partial charge in [0, 0.05) is 18.3 Å².